The second kappa shape index (κ2) is 29.2. The van der Waals surface area contributed by atoms with Gasteiger partial charge in [0.25, 0.3) is 0 Å². The minimum atomic E-state index is 1.23. The van der Waals surface area contributed by atoms with Crippen molar-refractivity contribution in [1.82, 2.24) is 0 Å². The van der Waals surface area contributed by atoms with E-state index in [9.17, 15) is 0 Å². The first-order valence-electron chi connectivity index (χ1n) is 5.93. The van der Waals surface area contributed by atoms with Gasteiger partial charge in [-0.25, -0.2) is 0 Å². The predicted molar refractivity (Wildman–Crippen MR) is 77.4 cm³/mol. The molecule has 0 rings (SSSR count). The molecule has 0 heterocycles. The van der Waals surface area contributed by atoms with Crippen molar-refractivity contribution in [2.45, 2.75) is 62.3 Å². The van der Waals surface area contributed by atoms with Crippen molar-refractivity contribution >= 4 is 0 Å². The Balaban J connectivity index is -0.0000000610. The maximum atomic E-state index is 3.56. The van der Waals surface area contributed by atoms with Crippen LogP contribution in [-0.2, 0) is 0 Å². The lowest BCUT2D eigenvalue weighted by molar-refractivity contribution is 1.36. The topological polar surface area (TPSA) is 0 Å². The van der Waals surface area contributed by atoms with Gasteiger partial charge in [-0.15, -0.1) is 0 Å². The van der Waals surface area contributed by atoms with Crippen LogP contribution in [0.1, 0.15) is 62.3 Å². The number of hydrogen-bond donors (Lipinski definition) is 0. The molecule has 0 aromatic carbocycles. The Hall–Kier alpha value is -0.780. The zero-order chi connectivity index (χ0) is 13.3. The molecule has 0 unspecified atom stereocenters. The van der Waals surface area contributed by atoms with E-state index in [0.717, 1.165) is 0 Å². The van der Waals surface area contributed by atoms with Gasteiger partial charge >= 0.3 is 0 Å². The molecule has 0 heteroatoms. The third-order valence-corrected chi connectivity index (χ3v) is 1.35. The maximum absolute atomic E-state index is 3.56. The molecule has 0 saturated carbocycles. The van der Waals surface area contributed by atoms with Crippen LogP contribution in [-0.4, -0.2) is 0 Å². The van der Waals surface area contributed by atoms with E-state index in [-0.39, 0.29) is 0 Å². The van der Waals surface area contributed by atoms with Crippen LogP contribution in [0, 0.1) is 0 Å². The zero-order valence-electron chi connectivity index (χ0n) is 12.4. The molecule has 0 spiro atoms. The van der Waals surface area contributed by atoms with Crippen molar-refractivity contribution in [3.8, 4) is 0 Å². The summed E-state index contributed by atoms with van der Waals surface area (Å²) in [6.45, 7) is 21.8. The van der Waals surface area contributed by atoms with Crippen molar-refractivity contribution < 1.29 is 0 Å². The highest BCUT2D eigenvalue weighted by Gasteiger charge is 1.66. The molecule has 0 saturated heterocycles. The van der Waals surface area contributed by atoms with Crippen molar-refractivity contribution in [2.24, 2.45) is 0 Å². The molecular formula is C15H32. The van der Waals surface area contributed by atoms with Gasteiger partial charge in [0.1, 0.15) is 0 Å². The first-order valence-corrected chi connectivity index (χ1v) is 5.93. The SMILES string of the molecule is C=C/C(C)=C\C.CC.CC.CC=C(C)C. The van der Waals surface area contributed by atoms with Gasteiger partial charge in [-0.3, -0.25) is 0 Å². The van der Waals surface area contributed by atoms with E-state index >= 15 is 0 Å². The van der Waals surface area contributed by atoms with Crippen LogP contribution in [0.2, 0.25) is 0 Å². The van der Waals surface area contributed by atoms with Crippen LogP contribution in [0.5, 0.6) is 0 Å². The Morgan fingerprint density at radius 2 is 1.07 bits per heavy atom. The van der Waals surface area contributed by atoms with Gasteiger partial charge in [0, 0.05) is 0 Å². The molecule has 0 aromatic heterocycles. The lowest BCUT2D eigenvalue weighted by Gasteiger charge is -1.78. The van der Waals surface area contributed by atoms with Gasteiger partial charge in [-0.05, 0) is 34.6 Å². The summed E-state index contributed by atoms with van der Waals surface area (Å²) >= 11 is 0. The second-order valence-corrected chi connectivity index (χ2v) is 2.60. The summed E-state index contributed by atoms with van der Waals surface area (Å²) in [6.07, 6.45) is 5.94. The van der Waals surface area contributed by atoms with E-state index in [1.54, 1.807) is 0 Å². The second-order valence-electron chi connectivity index (χ2n) is 2.60. The Bertz CT molecular complexity index is 143. The molecule has 0 amide bonds. The quantitative estimate of drug-likeness (QED) is 0.360. The molecule has 0 aliphatic rings. The Morgan fingerprint density at radius 1 is 0.800 bits per heavy atom. The summed E-state index contributed by atoms with van der Waals surface area (Å²) in [5, 5.41) is 0. The van der Waals surface area contributed by atoms with E-state index in [2.05, 4.69) is 26.5 Å². The third kappa shape index (κ3) is 61.1. The molecule has 0 aromatic rings. The highest BCUT2D eigenvalue weighted by molar-refractivity contribution is 5.10. The van der Waals surface area contributed by atoms with E-state index < -0.39 is 0 Å². The molecule has 0 radical (unpaired) electrons. The normalized spacial score (nSPS) is 7.67. The molecule has 0 N–H and O–H groups in total. The van der Waals surface area contributed by atoms with Crippen LogP contribution in [0.4, 0.5) is 0 Å². The molecule has 92 valence electrons. The highest BCUT2D eigenvalue weighted by atomic mass is 13.7. The fourth-order valence-electron chi connectivity index (χ4n) is 0.118. The van der Waals surface area contributed by atoms with Crippen LogP contribution < -0.4 is 0 Å². The minimum absolute atomic E-state index is 1.23. The largest absolute Gasteiger partial charge is 0.0988 e. The highest BCUT2D eigenvalue weighted by Crippen LogP contribution is 1.88. The average Bonchev–Trinajstić information content (AvgIpc) is 2.33. The first-order chi connectivity index (χ1) is 7.08. The first kappa shape index (κ1) is 23.8. The lowest BCUT2D eigenvalue weighted by Crippen LogP contribution is -1.57. The summed E-state index contributed by atoms with van der Waals surface area (Å²) in [4.78, 5) is 0. The molecule has 0 aliphatic heterocycles. The van der Waals surface area contributed by atoms with Gasteiger partial charge in [-0.1, -0.05) is 63.6 Å². The minimum Gasteiger partial charge on any atom is -0.0988 e. The standard InChI is InChI=1S/C6H10.C5H10.2C2H6/c1-4-6(3)5-2;1-4-5(2)3;2*1-2/h4-5H,1H2,2-3H3;4H,1-3H3;2*1-2H3/b6-5-;;;. The van der Waals surface area contributed by atoms with E-state index in [1.807, 2.05) is 60.6 Å². The van der Waals surface area contributed by atoms with Gasteiger partial charge in [0.2, 0.25) is 0 Å². The Morgan fingerprint density at radius 3 is 1.07 bits per heavy atom. The van der Waals surface area contributed by atoms with Crippen LogP contribution >= 0.6 is 0 Å². The maximum Gasteiger partial charge on any atom is -0.0401 e. The lowest BCUT2D eigenvalue weighted by atomic mass is 10.3. The van der Waals surface area contributed by atoms with Crippen molar-refractivity contribution in [3.63, 3.8) is 0 Å². The smallest absolute Gasteiger partial charge is 0.0401 e. The summed E-state index contributed by atoms with van der Waals surface area (Å²) in [5.41, 5.74) is 2.61. The molecule has 0 nitrogen and oxygen atoms in total. The van der Waals surface area contributed by atoms with Crippen LogP contribution in [0.25, 0.3) is 0 Å². The monoisotopic (exact) mass is 212 g/mol. The van der Waals surface area contributed by atoms with E-state index in [4.69, 9.17) is 0 Å². The average molecular weight is 212 g/mol. The summed E-state index contributed by atoms with van der Waals surface area (Å²) in [6, 6.07) is 0. The van der Waals surface area contributed by atoms with Crippen molar-refractivity contribution in [1.29, 1.82) is 0 Å². The number of rotatable bonds is 1. The fraction of sp³-hybridized carbons (Fsp3) is 0.600. The van der Waals surface area contributed by atoms with Gasteiger partial charge < -0.3 is 0 Å². The third-order valence-electron chi connectivity index (χ3n) is 1.35. The summed E-state index contributed by atoms with van der Waals surface area (Å²) in [7, 11) is 0. The van der Waals surface area contributed by atoms with E-state index in [1.165, 1.54) is 11.1 Å². The fourth-order valence-corrected chi connectivity index (χ4v) is 0.118. The Labute approximate surface area is 98.8 Å². The summed E-state index contributed by atoms with van der Waals surface area (Å²) in [5.74, 6) is 0. The van der Waals surface area contributed by atoms with Crippen LogP contribution in [0.15, 0.2) is 36.0 Å². The number of allylic oxidation sites excluding steroid dienone is 5. The van der Waals surface area contributed by atoms with Crippen molar-refractivity contribution in [2.75, 3.05) is 0 Å². The van der Waals surface area contributed by atoms with Gasteiger partial charge in [0.15, 0.2) is 0 Å². The zero-order valence-corrected chi connectivity index (χ0v) is 12.4. The Kier molecular flexibility index (Phi) is 46.3. The van der Waals surface area contributed by atoms with Gasteiger partial charge in [-0.2, -0.15) is 0 Å². The molecule has 0 aliphatic carbocycles. The predicted octanol–water partition coefficient (Wildman–Crippen LogP) is 6.16. The molecule has 0 atom stereocenters. The summed E-state index contributed by atoms with van der Waals surface area (Å²) < 4.78 is 0. The van der Waals surface area contributed by atoms with E-state index in [0.29, 0.717) is 0 Å². The number of hydrogen-bond acceptors (Lipinski definition) is 0. The molecule has 0 fully saturated rings. The van der Waals surface area contributed by atoms with Crippen LogP contribution in [0.3, 0.4) is 0 Å². The van der Waals surface area contributed by atoms with Gasteiger partial charge in [0.05, 0.1) is 0 Å². The van der Waals surface area contributed by atoms with Crippen molar-refractivity contribution in [3.05, 3.63) is 36.0 Å². The molecule has 15 heavy (non-hydrogen) atoms. The molecule has 0 bridgehead atoms. The molecular weight excluding hydrogens is 180 g/mol.